The summed E-state index contributed by atoms with van der Waals surface area (Å²) in [7, 11) is 0. The molecule has 0 aliphatic heterocycles. The minimum atomic E-state index is -0.499. The highest BCUT2D eigenvalue weighted by molar-refractivity contribution is 8.01. The highest BCUT2D eigenvalue weighted by Gasteiger charge is 2.20. The Hall–Kier alpha value is -1.00. The van der Waals surface area contributed by atoms with Gasteiger partial charge in [0.2, 0.25) is 0 Å². The number of hydrogen-bond donors (Lipinski definition) is 0. The van der Waals surface area contributed by atoms with E-state index in [-0.39, 0.29) is 22.8 Å². The Morgan fingerprint density at radius 1 is 1.25 bits per heavy atom. The number of thioether (sulfide) groups is 1. The van der Waals surface area contributed by atoms with Gasteiger partial charge in [-0.1, -0.05) is 11.6 Å². The van der Waals surface area contributed by atoms with Gasteiger partial charge >= 0.3 is 5.97 Å². The molecule has 0 saturated carbocycles. The van der Waals surface area contributed by atoms with Gasteiger partial charge in [0.15, 0.2) is 5.78 Å². The van der Waals surface area contributed by atoms with Crippen molar-refractivity contribution in [2.45, 2.75) is 38.5 Å². The SMILES string of the molecule is CC(SCC(=O)OC(C)(C)C)C(=O)c1ccc(Cl)cc1. The second-order valence-electron chi connectivity index (χ2n) is 5.41. The van der Waals surface area contributed by atoms with Crippen LogP contribution in [0, 0.1) is 0 Å². The number of carbonyl (C=O) groups is 2. The largest absolute Gasteiger partial charge is 0.459 e. The summed E-state index contributed by atoms with van der Waals surface area (Å²) in [5.74, 6) is -0.161. The molecule has 0 spiro atoms. The minimum absolute atomic E-state index is 0.0183. The van der Waals surface area contributed by atoms with Crippen molar-refractivity contribution in [3.8, 4) is 0 Å². The third kappa shape index (κ3) is 5.97. The van der Waals surface area contributed by atoms with Gasteiger partial charge in [-0.25, -0.2) is 0 Å². The van der Waals surface area contributed by atoms with Crippen LogP contribution in [0.25, 0.3) is 0 Å². The van der Waals surface area contributed by atoms with E-state index < -0.39 is 5.60 Å². The summed E-state index contributed by atoms with van der Waals surface area (Å²) in [6.07, 6.45) is 0. The van der Waals surface area contributed by atoms with Gasteiger partial charge in [-0.2, -0.15) is 0 Å². The number of Topliss-reactive ketones (excluding diaryl/α,β-unsaturated/α-hetero) is 1. The first kappa shape index (κ1) is 17.1. The van der Waals surface area contributed by atoms with E-state index in [0.29, 0.717) is 10.6 Å². The van der Waals surface area contributed by atoms with Crippen molar-refractivity contribution in [1.82, 2.24) is 0 Å². The van der Waals surface area contributed by atoms with Gasteiger partial charge in [0.1, 0.15) is 5.60 Å². The van der Waals surface area contributed by atoms with Gasteiger partial charge in [0.25, 0.3) is 0 Å². The van der Waals surface area contributed by atoms with Gasteiger partial charge < -0.3 is 4.74 Å². The second-order valence-corrected chi connectivity index (χ2v) is 7.18. The number of halogens is 1. The normalized spacial score (nSPS) is 12.8. The number of esters is 1. The molecule has 20 heavy (non-hydrogen) atoms. The maximum absolute atomic E-state index is 12.1. The van der Waals surface area contributed by atoms with E-state index in [1.54, 1.807) is 31.2 Å². The molecule has 1 aromatic rings. The fourth-order valence-electron chi connectivity index (χ4n) is 1.49. The zero-order valence-corrected chi connectivity index (χ0v) is 13.7. The monoisotopic (exact) mass is 314 g/mol. The summed E-state index contributed by atoms with van der Waals surface area (Å²) < 4.78 is 5.20. The van der Waals surface area contributed by atoms with Crippen molar-refractivity contribution in [2.75, 3.05) is 5.75 Å². The predicted octanol–water partition coefficient (Wildman–Crippen LogP) is 3.99. The summed E-state index contributed by atoms with van der Waals surface area (Å²) in [6.45, 7) is 7.24. The van der Waals surface area contributed by atoms with Crippen LogP contribution in [0.3, 0.4) is 0 Å². The number of rotatable bonds is 5. The Morgan fingerprint density at radius 2 is 1.80 bits per heavy atom. The quantitative estimate of drug-likeness (QED) is 0.609. The molecule has 0 aromatic heterocycles. The zero-order valence-electron chi connectivity index (χ0n) is 12.1. The third-order valence-corrected chi connectivity index (χ3v) is 3.74. The summed E-state index contributed by atoms with van der Waals surface area (Å²) >= 11 is 7.06. The Balaban J connectivity index is 2.50. The molecule has 1 unspecified atom stereocenters. The molecule has 1 atom stereocenters. The van der Waals surface area contributed by atoms with Crippen LogP contribution < -0.4 is 0 Å². The molecule has 5 heteroatoms. The van der Waals surface area contributed by atoms with Crippen LogP contribution >= 0.6 is 23.4 Å². The average molecular weight is 315 g/mol. The van der Waals surface area contributed by atoms with Gasteiger partial charge in [0.05, 0.1) is 11.0 Å². The topological polar surface area (TPSA) is 43.4 Å². The molecule has 0 bridgehead atoms. The van der Waals surface area contributed by atoms with Crippen LogP contribution in [0.15, 0.2) is 24.3 Å². The number of hydrogen-bond acceptors (Lipinski definition) is 4. The fourth-order valence-corrected chi connectivity index (χ4v) is 2.35. The molecule has 1 aromatic carbocycles. The lowest BCUT2D eigenvalue weighted by atomic mass is 10.1. The Labute approximate surface area is 129 Å². The number of benzene rings is 1. The summed E-state index contributed by atoms with van der Waals surface area (Å²) in [5.41, 5.74) is 0.0970. The zero-order chi connectivity index (χ0) is 15.3. The van der Waals surface area contributed by atoms with E-state index in [2.05, 4.69) is 0 Å². The lowest BCUT2D eigenvalue weighted by Gasteiger charge is -2.19. The van der Waals surface area contributed by atoms with E-state index in [0.717, 1.165) is 0 Å². The van der Waals surface area contributed by atoms with E-state index >= 15 is 0 Å². The Morgan fingerprint density at radius 3 is 2.30 bits per heavy atom. The van der Waals surface area contributed by atoms with Crippen LogP contribution in [-0.2, 0) is 9.53 Å². The van der Waals surface area contributed by atoms with Crippen molar-refractivity contribution in [3.05, 3.63) is 34.9 Å². The molecule has 0 N–H and O–H groups in total. The lowest BCUT2D eigenvalue weighted by molar-refractivity contribution is -0.151. The molecule has 0 heterocycles. The maximum Gasteiger partial charge on any atom is 0.316 e. The van der Waals surface area contributed by atoms with Gasteiger partial charge in [-0.05, 0) is 52.0 Å². The first-order chi connectivity index (χ1) is 9.19. The summed E-state index contributed by atoms with van der Waals surface area (Å²) in [4.78, 5) is 23.7. The second kappa shape index (κ2) is 7.14. The number of carbonyl (C=O) groups excluding carboxylic acids is 2. The molecule has 0 aliphatic rings. The summed E-state index contributed by atoms with van der Waals surface area (Å²) in [5, 5.41) is 0.291. The first-order valence-electron chi connectivity index (χ1n) is 6.32. The molecule has 0 radical (unpaired) electrons. The van der Waals surface area contributed by atoms with Gasteiger partial charge in [-0.3, -0.25) is 9.59 Å². The molecule has 0 saturated heterocycles. The molecule has 1 rings (SSSR count). The lowest BCUT2D eigenvalue weighted by Crippen LogP contribution is -2.26. The van der Waals surface area contributed by atoms with E-state index in [1.807, 2.05) is 20.8 Å². The van der Waals surface area contributed by atoms with Crippen LogP contribution in [0.2, 0.25) is 5.02 Å². The molecule has 3 nitrogen and oxygen atoms in total. The van der Waals surface area contributed by atoms with Crippen molar-refractivity contribution < 1.29 is 14.3 Å². The van der Waals surface area contributed by atoms with E-state index in [1.165, 1.54) is 11.8 Å². The molecule has 110 valence electrons. The highest BCUT2D eigenvalue weighted by Crippen LogP contribution is 2.19. The Bertz CT molecular complexity index is 477. The van der Waals surface area contributed by atoms with Crippen LogP contribution in [0.4, 0.5) is 0 Å². The minimum Gasteiger partial charge on any atom is -0.459 e. The molecule has 0 amide bonds. The van der Waals surface area contributed by atoms with Crippen molar-refractivity contribution in [2.24, 2.45) is 0 Å². The maximum atomic E-state index is 12.1. The van der Waals surface area contributed by atoms with Crippen LogP contribution in [-0.4, -0.2) is 28.4 Å². The Kier molecular flexibility index (Phi) is 6.08. The smallest absolute Gasteiger partial charge is 0.316 e. The van der Waals surface area contributed by atoms with E-state index in [4.69, 9.17) is 16.3 Å². The van der Waals surface area contributed by atoms with Crippen LogP contribution in [0.5, 0.6) is 0 Å². The molecule has 0 aliphatic carbocycles. The number of ketones is 1. The highest BCUT2D eigenvalue weighted by atomic mass is 35.5. The van der Waals surface area contributed by atoms with Crippen molar-refractivity contribution in [1.29, 1.82) is 0 Å². The predicted molar refractivity (Wildman–Crippen MR) is 83.5 cm³/mol. The van der Waals surface area contributed by atoms with Crippen molar-refractivity contribution >= 4 is 35.1 Å². The van der Waals surface area contributed by atoms with Crippen LogP contribution in [0.1, 0.15) is 38.1 Å². The molecule has 0 fully saturated rings. The number of ether oxygens (including phenoxy) is 1. The third-order valence-electron chi connectivity index (χ3n) is 2.37. The first-order valence-corrected chi connectivity index (χ1v) is 7.75. The molecular weight excluding hydrogens is 296 g/mol. The average Bonchev–Trinajstić information content (AvgIpc) is 2.34. The molecular formula is C15H19ClO3S. The van der Waals surface area contributed by atoms with Gasteiger partial charge in [-0.15, -0.1) is 11.8 Å². The van der Waals surface area contributed by atoms with Gasteiger partial charge in [0, 0.05) is 10.6 Å². The fraction of sp³-hybridized carbons (Fsp3) is 0.467. The summed E-state index contributed by atoms with van der Waals surface area (Å²) in [6, 6.07) is 6.74. The van der Waals surface area contributed by atoms with E-state index in [9.17, 15) is 9.59 Å². The van der Waals surface area contributed by atoms with Crippen molar-refractivity contribution in [3.63, 3.8) is 0 Å². The standard InChI is InChI=1S/C15H19ClO3S/c1-10(20-9-13(17)19-15(2,3)4)14(18)11-5-7-12(16)8-6-11/h5-8,10H,9H2,1-4H3.